The molecule has 1 aromatic rings. The molecule has 0 unspecified atom stereocenters. The monoisotopic (exact) mass is 249 g/mol. The van der Waals surface area contributed by atoms with Gasteiger partial charge in [-0.05, 0) is 25.0 Å². The first-order valence-corrected chi connectivity index (χ1v) is 6.77. The first-order valence-electron chi connectivity index (χ1n) is 6.77. The van der Waals surface area contributed by atoms with Crippen molar-refractivity contribution in [1.29, 1.82) is 0 Å². The van der Waals surface area contributed by atoms with Crippen LogP contribution in [-0.2, 0) is 0 Å². The van der Waals surface area contributed by atoms with E-state index >= 15 is 0 Å². The van der Waals surface area contributed by atoms with Gasteiger partial charge in [0, 0.05) is 12.0 Å². The van der Waals surface area contributed by atoms with Crippen LogP contribution in [0.3, 0.4) is 0 Å². The van der Waals surface area contributed by atoms with Crippen LogP contribution in [0.15, 0.2) is 24.3 Å². The Balaban J connectivity index is 2.01. The topological polar surface area (TPSA) is 41.5 Å². The molecule has 1 aromatic carbocycles. The van der Waals surface area contributed by atoms with Crippen molar-refractivity contribution in [2.45, 2.75) is 32.1 Å². The largest absolute Gasteiger partial charge is 0.495 e. The van der Waals surface area contributed by atoms with E-state index in [1.54, 1.807) is 7.11 Å². The van der Waals surface area contributed by atoms with E-state index in [4.69, 9.17) is 4.74 Å². The predicted octanol–water partition coefficient (Wildman–Crippen LogP) is 3.05. The minimum Gasteiger partial charge on any atom is -0.495 e. The SMILES string of the molecule is COc1ccccc1NCC1(CO)CCCCC1. The fourth-order valence-corrected chi connectivity index (χ4v) is 2.77. The smallest absolute Gasteiger partial charge is 0.141 e. The summed E-state index contributed by atoms with van der Waals surface area (Å²) in [5.74, 6) is 0.862. The number of hydrogen-bond acceptors (Lipinski definition) is 3. The zero-order chi connectivity index (χ0) is 12.8. The Morgan fingerprint density at radius 3 is 2.61 bits per heavy atom. The summed E-state index contributed by atoms with van der Waals surface area (Å²) in [7, 11) is 1.68. The summed E-state index contributed by atoms with van der Waals surface area (Å²) in [6.07, 6.45) is 6.00. The number of ether oxygens (including phenoxy) is 1. The van der Waals surface area contributed by atoms with Crippen molar-refractivity contribution in [2.75, 3.05) is 25.6 Å². The zero-order valence-electron chi connectivity index (χ0n) is 11.1. The molecule has 0 saturated heterocycles. The number of para-hydroxylation sites is 2. The first-order chi connectivity index (χ1) is 8.79. The van der Waals surface area contributed by atoms with Gasteiger partial charge in [0.15, 0.2) is 0 Å². The Morgan fingerprint density at radius 1 is 1.22 bits per heavy atom. The van der Waals surface area contributed by atoms with E-state index in [9.17, 15) is 5.11 Å². The van der Waals surface area contributed by atoms with Gasteiger partial charge >= 0.3 is 0 Å². The van der Waals surface area contributed by atoms with Gasteiger partial charge in [-0.25, -0.2) is 0 Å². The minimum atomic E-state index is 0.0547. The molecule has 3 nitrogen and oxygen atoms in total. The highest BCUT2D eigenvalue weighted by atomic mass is 16.5. The van der Waals surface area contributed by atoms with Crippen molar-refractivity contribution >= 4 is 5.69 Å². The molecule has 100 valence electrons. The summed E-state index contributed by atoms with van der Waals surface area (Å²) < 4.78 is 5.33. The van der Waals surface area contributed by atoms with Gasteiger partial charge in [0.2, 0.25) is 0 Å². The third kappa shape index (κ3) is 2.96. The highest BCUT2D eigenvalue weighted by Gasteiger charge is 2.31. The maximum Gasteiger partial charge on any atom is 0.141 e. The normalized spacial score (nSPS) is 18.3. The second kappa shape index (κ2) is 6.10. The molecule has 3 heteroatoms. The summed E-state index contributed by atoms with van der Waals surface area (Å²) >= 11 is 0. The Bertz CT molecular complexity index is 373. The summed E-state index contributed by atoms with van der Waals surface area (Å²) in [5.41, 5.74) is 1.07. The second-order valence-corrected chi connectivity index (χ2v) is 5.27. The van der Waals surface area contributed by atoms with E-state index in [0.29, 0.717) is 0 Å². The molecule has 2 rings (SSSR count). The van der Waals surface area contributed by atoms with E-state index in [1.165, 1.54) is 19.3 Å². The van der Waals surface area contributed by atoms with Gasteiger partial charge in [0.1, 0.15) is 5.75 Å². The van der Waals surface area contributed by atoms with Crippen LogP contribution in [0, 0.1) is 5.41 Å². The van der Waals surface area contributed by atoms with E-state index in [2.05, 4.69) is 5.32 Å². The minimum absolute atomic E-state index is 0.0547. The first kappa shape index (κ1) is 13.2. The van der Waals surface area contributed by atoms with Crippen molar-refractivity contribution in [3.05, 3.63) is 24.3 Å². The standard InChI is InChI=1S/C15H23NO2/c1-18-14-8-4-3-7-13(14)16-11-15(12-17)9-5-2-6-10-15/h3-4,7-8,16-17H,2,5-6,9-12H2,1H3. The lowest BCUT2D eigenvalue weighted by Crippen LogP contribution is -2.35. The van der Waals surface area contributed by atoms with Crippen LogP contribution in [0.2, 0.25) is 0 Å². The number of anilines is 1. The molecule has 0 heterocycles. The average Bonchev–Trinajstić information content (AvgIpc) is 2.46. The molecule has 1 fully saturated rings. The van der Waals surface area contributed by atoms with Crippen molar-refractivity contribution in [3.8, 4) is 5.75 Å². The van der Waals surface area contributed by atoms with Crippen LogP contribution in [0.5, 0.6) is 5.75 Å². The molecule has 1 aliphatic carbocycles. The number of aliphatic hydroxyl groups is 1. The molecule has 18 heavy (non-hydrogen) atoms. The molecule has 0 bridgehead atoms. The lowest BCUT2D eigenvalue weighted by molar-refractivity contribution is 0.0943. The van der Waals surface area contributed by atoms with Crippen LogP contribution in [0.25, 0.3) is 0 Å². The Kier molecular flexibility index (Phi) is 4.48. The number of nitrogens with one attached hydrogen (secondary N) is 1. The molecule has 0 amide bonds. The van der Waals surface area contributed by atoms with Gasteiger partial charge in [-0.3, -0.25) is 0 Å². The van der Waals surface area contributed by atoms with Gasteiger partial charge in [-0.2, -0.15) is 0 Å². The molecule has 1 aliphatic rings. The highest BCUT2D eigenvalue weighted by molar-refractivity contribution is 5.56. The Labute approximate surface area is 109 Å². The summed E-state index contributed by atoms with van der Waals surface area (Å²) in [6.45, 7) is 1.10. The quantitative estimate of drug-likeness (QED) is 0.842. The number of benzene rings is 1. The molecule has 0 radical (unpaired) electrons. The van der Waals surface area contributed by atoms with Crippen molar-refractivity contribution in [2.24, 2.45) is 5.41 Å². The zero-order valence-corrected chi connectivity index (χ0v) is 11.1. The summed E-state index contributed by atoms with van der Waals surface area (Å²) in [4.78, 5) is 0. The van der Waals surface area contributed by atoms with E-state index in [1.807, 2.05) is 24.3 Å². The van der Waals surface area contributed by atoms with Gasteiger partial charge in [0.05, 0.1) is 19.4 Å². The van der Waals surface area contributed by atoms with Gasteiger partial charge in [-0.15, -0.1) is 0 Å². The van der Waals surface area contributed by atoms with Crippen molar-refractivity contribution in [1.82, 2.24) is 0 Å². The summed E-state index contributed by atoms with van der Waals surface area (Å²) in [6, 6.07) is 7.94. The average molecular weight is 249 g/mol. The molecule has 0 atom stereocenters. The summed E-state index contributed by atoms with van der Waals surface area (Å²) in [5, 5.41) is 13.1. The van der Waals surface area contributed by atoms with Gasteiger partial charge in [0.25, 0.3) is 0 Å². The molecular formula is C15H23NO2. The molecule has 0 spiro atoms. The van der Waals surface area contributed by atoms with E-state index < -0.39 is 0 Å². The lowest BCUT2D eigenvalue weighted by atomic mass is 9.74. The number of rotatable bonds is 5. The van der Waals surface area contributed by atoms with Gasteiger partial charge in [-0.1, -0.05) is 31.4 Å². The van der Waals surface area contributed by atoms with Crippen LogP contribution in [-0.4, -0.2) is 25.4 Å². The number of aliphatic hydroxyl groups excluding tert-OH is 1. The number of hydrogen-bond donors (Lipinski definition) is 2. The Morgan fingerprint density at radius 2 is 1.94 bits per heavy atom. The molecule has 0 aliphatic heterocycles. The van der Waals surface area contributed by atoms with E-state index in [-0.39, 0.29) is 12.0 Å². The Hall–Kier alpha value is -1.22. The second-order valence-electron chi connectivity index (χ2n) is 5.27. The van der Waals surface area contributed by atoms with Crippen molar-refractivity contribution < 1.29 is 9.84 Å². The fourth-order valence-electron chi connectivity index (χ4n) is 2.77. The van der Waals surface area contributed by atoms with Crippen LogP contribution < -0.4 is 10.1 Å². The molecule has 0 aromatic heterocycles. The van der Waals surface area contributed by atoms with Crippen molar-refractivity contribution in [3.63, 3.8) is 0 Å². The van der Waals surface area contributed by atoms with Crippen LogP contribution >= 0.6 is 0 Å². The van der Waals surface area contributed by atoms with Crippen LogP contribution in [0.4, 0.5) is 5.69 Å². The highest BCUT2D eigenvalue weighted by Crippen LogP contribution is 2.36. The molecule has 1 saturated carbocycles. The number of methoxy groups -OCH3 is 1. The lowest BCUT2D eigenvalue weighted by Gasteiger charge is -2.36. The fraction of sp³-hybridized carbons (Fsp3) is 0.600. The maximum atomic E-state index is 9.67. The molecular weight excluding hydrogens is 226 g/mol. The van der Waals surface area contributed by atoms with Crippen LogP contribution in [0.1, 0.15) is 32.1 Å². The van der Waals surface area contributed by atoms with Gasteiger partial charge < -0.3 is 15.2 Å². The predicted molar refractivity (Wildman–Crippen MR) is 74.1 cm³/mol. The third-order valence-electron chi connectivity index (χ3n) is 4.01. The van der Waals surface area contributed by atoms with E-state index in [0.717, 1.165) is 30.8 Å². The maximum absolute atomic E-state index is 9.67. The third-order valence-corrected chi connectivity index (χ3v) is 4.01. The molecule has 2 N–H and O–H groups in total.